The molecule has 1 aromatic heterocycles. The van der Waals surface area contributed by atoms with E-state index < -0.39 is 5.97 Å². The Morgan fingerprint density at radius 2 is 2.31 bits per heavy atom. The zero-order valence-electron chi connectivity index (χ0n) is 8.81. The van der Waals surface area contributed by atoms with Gasteiger partial charge in [0.25, 0.3) is 0 Å². The summed E-state index contributed by atoms with van der Waals surface area (Å²) in [6, 6.07) is 0. The number of carboxylic acid groups (broad SMARTS) is 1. The van der Waals surface area contributed by atoms with Gasteiger partial charge in [0.1, 0.15) is 5.00 Å². The van der Waals surface area contributed by atoms with Crippen molar-refractivity contribution >= 4 is 34.1 Å². The van der Waals surface area contributed by atoms with Crippen LogP contribution < -0.4 is 5.32 Å². The highest BCUT2D eigenvalue weighted by atomic mass is 32.2. The molecule has 1 aromatic rings. The maximum Gasteiger partial charge on any atom is 0.357 e. The largest absolute Gasteiger partial charge is 0.476 e. The zero-order valence-corrected chi connectivity index (χ0v) is 10.4. The Balaban J connectivity index is 1.88. The first-order valence-corrected chi connectivity index (χ1v) is 7.29. The van der Waals surface area contributed by atoms with Crippen molar-refractivity contribution in [3.8, 4) is 0 Å². The molecule has 1 saturated heterocycles. The average Bonchev–Trinajstić information content (AvgIpc) is 2.76. The van der Waals surface area contributed by atoms with Gasteiger partial charge >= 0.3 is 5.97 Å². The van der Waals surface area contributed by atoms with Crippen LogP contribution >= 0.6 is 23.1 Å². The zero-order chi connectivity index (χ0) is 11.4. The Kier molecular flexibility index (Phi) is 4.06. The fourth-order valence-corrected chi connectivity index (χ4v) is 3.60. The topological polar surface area (TPSA) is 62.2 Å². The molecule has 0 spiro atoms. The van der Waals surface area contributed by atoms with Crippen molar-refractivity contribution in [3.63, 3.8) is 0 Å². The molecule has 0 saturated carbocycles. The summed E-state index contributed by atoms with van der Waals surface area (Å²) < 4.78 is 0. The second kappa shape index (κ2) is 5.54. The summed E-state index contributed by atoms with van der Waals surface area (Å²) in [5.41, 5.74) is 1.72. The lowest BCUT2D eigenvalue weighted by Crippen LogP contribution is -2.19. The third kappa shape index (κ3) is 2.89. The molecule has 0 aliphatic carbocycles. The quantitative estimate of drug-likeness (QED) is 0.868. The molecule has 0 atom stereocenters. The van der Waals surface area contributed by atoms with Gasteiger partial charge in [-0.05, 0) is 30.3 Å². The number of hydrogen-bond acceptors (Lipinski definition) is 5. The van der Waals surface area contributed by atoms with E-state index in [4.69, 9.17) is 5.11 Å². The number of carbonyl (C=O) groups is 1. The molecule has 0 amide bonds. The molecule has 0 unspecified atom stereocenters. The van der Waals surface area contributed by atoms with Gasteiger partial charge in [0.15, 0.2) is 5.69 Å². The van der Waals surface area contributed by atoms with Crippen LogP contribution in [0.25, 0.3) is 0 Å². The first-order valence-electron chi connectivity index (χ1n) is 5.26. The van der Waals surface area contributed by atoms with E-state index >= 15 is 0 Å². The van der Waals surface area contributed by atoms with Crippen LogP contribution in [0.3, 0.4) is 0 Å². The number of hydrogen-bond donors (Lipinski definition) is 2. The van der Waals surface area contributed by atoms with Crippen LogP contribution in [0.2, 0.25) is 0 Å². The number of nitrogens with one attached hydrogen (secondary N) is 1. The van der Waals surface area contributed by atoms with Gasteiger partial charge in [-0.1, -0.05) is 0 Å². The fraction of sp³-hybridized carbons (Fsp3) is 0.600. The Morgan fingerprint density at radius 3 is 3.00 bits per heavy atom. The van der Waals surface area contributed by atoms with E-state index in [9.17, 15) is 4.79 Å². The molecule has 1 fully saturated rings. The Hall–Kier alpha value is -0.750. The van der Waals surface area contributed by atoms with Crippen molar-refractivity contribution in [1.29, 1.82) is 0 Å². The highest BCUT2D eigenvalue weighted by Crippen LogP contribution is 2.25. The molecule has 2 heterocycles. The molecular weight excluding hydrogens is 244 g/mol. The lowest BCUT2D eigenvalue weighted by atomic mass is 10.0. The van der Waals surface area contributed by atoms with Crippen LogP contribution in [0.5, 0.6) is 0 Å². The lowest BCUT2D eigenvalue weighted by molar-refractivity contribution is 0.0692. The molecule has 2 rings (SSSR count). The van der Waals surface area contributed by atoms with Crippen LogP contribution in [-0.4, -0.2) is 34.1 Å². The molecule has 2 N–H and O–H groups in total. The predicted molar refractivity (Wildman–Crippen MR) is 67.6 cm³/mol. The van der Waals surface area contributed by atoms with Crippen LogP contribution in [0.1, 0.15) is 23.3 Å². The smallest absolute Gasteiger partial charge is 0.357 e. The third-order valence-corrected chi connectivity index (χ3v) is 4.50. The monoisotopic (exact) mass is 258 g/mol. The molecule has 4 nitrogen and oxygen atoms in total. The second-order valence-electron chi connectivity index (χ2n) is 3.77. The number of nitrogens with zero attached hydrogens (tertiary/aromatic N) is 1. The number of thioether (sulfide) groups is 1. The van der Waals surface area contributed by atoms with Gasteiger partial charge in [-0.25, -0.2) is 9.78 Å². The maximum absolute atomic E-state index is 10.8. The minimum atomic E-state index is -0.956. The van der Waals surface area contributed by atoms with Crippen molar-refractivity contribution in [2.75, 3.05) is 23.4 Å². The minimum absolute atomic E-state index is 0.148. The summed E-state index contributed by atoms with van der Waals surface area (Å²) in [7, 11) is 0. The van der Waals surface area contributed by atoms with Gasteiger partial charge in [-0.3, -0.25) is 0 Å². The molecule has 1 aliphatic rings. The van der Waals surface area contributed by atoms with Gasteiger partial charge in [0.05, 0.1) is 5.51 Å². The number of anilines is 1. The molecular formula is C10H14N2O2S2. The number of thiazole rings is 1. The molecule has 0 aromatic carbocycles. The van der Waals surface area contributed by atoms with E-state index in [1.807, 2.05) is 11.8 Å². The summed E-state index contributed by atoms with van der Waals surface area (Å²) in [6.07, 6.45) is 2.44. The summed E-state index contributed by atoms with van der Waals surface area (Å²) in [6.45, 7) is 0.864. The van der Waals surface area contributed by atoms with Crippen LogP contribution in [0, 0.1) is 5.92 Å². The molecule has 0 bridgehead atoms. The lowest BCUT2D eigenvalue weighted by Gasteiger charge is -2.21. The summed E-state index contributed by atoms with van der Waals surface area (Å²) in [5, 5.41) is 12.8. The predicted octanol–water partition coefficient (Wildman–Crippen LogP) is 2.40. The first kappa shape index (κ1) is 11.7. The summed E-state index contributed by atoms with van der Waals surface area (Å²) >= 11 is 3.36. The molecule has 1 aliphatic heterocycles. The molecule has 0 radical (unpaired) electrons. The summed E-state index contributed by atoms with van der Waals surface area (Å²) in [5.74, 6) is 2.16. The first-order chi connectivity index (χ1) is 7.77. The standard InChI is InChI=1S/C10H14N2O2S2/c13-10(14)8-9(16-6-12-8)11-5-7-1-3-15-4-2-7/h6-7,11H,1-5H2,(H,13,14). The normalized spacial score (nSPS) is 17.2. The van der Waals surface area contributed by atoms with Gasteiger partial charge in [0, 0.05) is 6.54 Å². The van der Waals surface area contributed by atoms with E-state index in [2.05, 4.69) is 10.3 Å². The van der Waals surface area contributed by atoms with Crippen LogP contribution in [0.15, 0.2) is 5.51 Å². The van der Waals surface area contributed by atoms with Crippen molar-refractivity contribution in [3.05, 3.63) is 11.2 Å². The Morgan fingerprint density at radius 1 is 1.56 bits per heavy atom. The van der Waals surface area contributed by atoms with Gasteiger partial charge in [-0.2, -0.15) is 11.8 Å². The van der Waals surface area contributed by atoms with E-state index in [1.165, 1.54) is 35.7 Å². The van der Waals surface area contributed by atoms with E-state index in [0.29, 0.717) is 10.9 Å². The SMILES string of the molecule is O=C(O)c1ncsc1NCC1CCSCC1. The van der Waals surface area contributed by atoms with Crippen molar-refractivity contribution in [2.45, 2.75) is 12.8 Å². The number of aromatic nitrogens is 1. The van der Waals surface area contributed by atoms with Crippen molar-refractivity contribution in [2.24, 2.45) is 5.92 Å². The fourth-order valence-electron chi connectivity index (χ4n) is 1.71. The Bertz CT molecular complexity index is 361. The highest BCUT2D eigenvalue weighted by Gasteiger charge is 2.17. The van der Waals surface area contributed by atoms with Crippen LogP contribution in [-0.2, 0) is 0 Å². The average molecular weight is 258 g/mol. The second-order valence-corrected chi connectivity index (χ2v) is 5.85. The summed E-state index contributed by atoms with van der Waals surface area (Å²) in [4.78, 5) is 14.7. The third-order valence-electron chi connectivity index (χ3n) is 2.66. The Labute approximate surface area is 102 Å². The van der Waals surface area contributed by atoms with E-state index in [0.717, 1.165) is 6.54 Å². The highest BCUT2D eigenvalue weighted by molar-refractivity contribution is 7.99. The van der Waals surface area contributed by atoms with Gasteiger partial charge in [0.2, 0.25) is 0 Å². The van der Waals surface area contributed by atoms with Gasteiger partial charge < -0.3 is 10.4 Å². The molecule has 16 heavy (non-hydrogen) atoms. The minimum Gasteiger partial charge on any atom is -0.476 e. The van der Waals surface area contributed by atoms with Crippen molar-refractivity contribution in [1.82, 2.24) is 4.98 Å². The number of carboxylic acids is 1. The van der Waals surface area contributed by atoms with Crippen LogP contribution in [0.4, 0.5) is 5.00 Å². The number of rotatable bonds is 4. The molecule has 6 heteroatoms. The van der Waals surface area contributed by atoms with Gasteiger partial charge in [-0.15, -0.1) is 11.3 Å². The van der Waals surface area contributed by atoms with E-state index in [1.54, 1.807) is 5.51 Å². The molecule has 88 valence electrons. The van der Waals surface area contributed by atoms with Crippen molar-refractivity contribution < 1.29 is 9.90 Å². The number of aromatic carboxylic acids is 1. The maximum atomic E-state index is 10.8. The van der Waals surface area contributed by atoms with E-state index in [-0.39, 0.29) is 5.69 Å².